The number of hydrogen-bond donors (Lipinski definition) is 1. The normalized spacial score (nSPS) is 35.2. The van der Waals surface area contributed by atoms with Gasteiger partial charge in [-0.3, -0.25) is 0 Å². The van der Waals surface area contributed by atoms with Crippen molar-refractivity contribution >= 4 is 0 Å². The number of alkyl halides is 1. The first-order chi connectivity index (χ1) is 5.24. The highest BCUT2D eigenvalue weighted by molar-refractivity contribution is 4.78. The molecular weight excluding hydrogens is 141 g/mol. The number of halogens is 1. The van der Waals surface area contributed by atoms with Gasteiger partial charge in [-0.15, -0.1) is 0 Å². The van der Waals surface area contributed by atoms with Crippen molar-refractivity contribution in [2.24, 2.45) is 5.92 Å². The van der Waals surface area contributed by atoms with Crippen LogP contribution in [0.15, 0.2) is 0 Å². The van der Waals surface area contributed by atoms with Crippen LogP contribution in [0.4, 0.5) is 4.39 Å². The van der Waals surface area contributed by atoms with Crippen molar-refractivity contribution in [1.29, 1.82) is 0 Å². The van der Waals surface area contributed by atoms with Crippen LogP contribution in [0.5, 0.6) is 0 Å². The van der Waals surface area contributed by atoms with Gasteiger partial charge in [0.15, 0.2) is 0 Å². The minimum atomic E-state index is -0.537. The van der Waals surface area contributed by atoms with E-state index >= 15 is 0 Å². The first kappa shape index (κ1) is 8.98. The van der Waals surface area contributed by atoms with Crippen molar-refractivity contribution < 1.29 is 4.39 Å². The first-order valence-electron chi connectivity index (χ1n) is 4.55. The second-order valence-electron chi connectivity index (χ2n) is 3.60. The number of rotatable bonds is 2. The van der Waals surface area contributed by atoms with Crippen LogP contribution in [0.25, 0.3) is 0 Å². The Balaban J connectivity index is 2.33. The lowest BCUT2D eigenvalue weighted by Crippen LogP contribution is -2.34. The predicted molar refractivity (Wildman–Crippen MR) is 45.4 cm³/mol. The summed E-state index contributed by atoms with van der Waals surface area (Å²) in [7, 11) is 1.95. The molecule has 0 aromatic heterocycles. The van der Waals surface area contributed by atoms with Gasteiger partial charge in [-0.05, 0) is 39.2 Å². The topological polar surface area (TPSA) is 12.0 Å². The molecule has 1 saturated carbocycles. The Hall–Kier alpha value is -0.110. The standard InChI is InChI=1S/C9H18FN/c1-7(11-2)8-4-3-5-9(10)6-8/h7-9,11H,3-6H2,1-2H3. The van der Waals surface area contributed by atoms with Crippen LogP contribution in [0.2, 0.25) is 0 Å². The van der Waals surface area contributed by atoms with E-state index < -0.39 is 6.17 Å². The van der Waals surface area contributed by atoms with Gasteiger partial charge in [0, 0.05) is 6.04 Å². The van der Waals surface area contributed by atoms with Crippen LogP contribution < -0.4 is 5.32 Å². The molecular formula is C9H18FN. The SMILES string of the molecule is CNC(C)C1CCCC(F)C1. The van der Waals surface area contributed by atoms with Crippen molar-refractivity contribution in [2.45, 2.75) is 44.8 Å². The summed E-state index contributed by atoms with van der Waals surface area (Å²) in [5, 5.41) is 3.19. The second kappa shape index (κ2) is 4.05. The molecule has 1 nitrogen and oxygen atoms in total. The van der Waals surface area contributed by atoms with Crippen LogP contribution in [0.1, 0.15) is 32.6 Å². The Morgan fingerprint density at radius 2 is 2.18 bits per heavy atom. The van der Waals surface area contributed by atoms with E-state index in [0.717, 1.165) is 19.3 Å². The van der Waals surface area contributed by atoms with Crippen molar-refractivity contribution in [3.8, 4) is 0 Å². The predicted octanol–water partition coefficient (Wildman–Crippen LogP) is 2.12. The third kappa shape index (κ3) is 2.44. The maximum absolute atomic E-state index is 12.9. The Bertz CT molecular complexity index is 116. The molecule has 1 fully saturated rings. The van der Waals surface area contributed by atoms with Gasteiger partial charge >= 0.3 is 0 Å². The van der Waals surface area contributed by atoms with E-state index in [1.165, 1.54) is 6.42 Å². The quantitative estimate of drug-likeness (QED) is 0.650. The fourth-order valence-corrected chi connectivity index (χ4v) is 1.86. The first-order valence-corrected chi connectivity index (χ1v) is 4.55. The molecule has 1 aliphatic rings. The fourth-order valence-electron chi connectivity index (χ4n) is 1.86. The van der Waals surface area contributed by atoms with E-state index in [1.54, 1.807) is 0 Å². The molecule has 3 atom stereocenters. The van der Waals surface area contributed by atoms with E-state index in [9.17, 15) is 4.39 Å². The van der Waals surface area contributed by atoms with Crippen LogP contribution in [-0.4, -0.2) is 19.3 Å². The fraction of sp³-hybridized carbons (Fsp3) is 1.00. The van der Waals surface area contributed by atoms with Crippen LogP contribution in [-0.2, 0) is 0 Å². The van der Waals surface area contributed by atoms with Gasteiger partial charge < -0.3 is 5.32 Å². The lowest BCUT2D eigenvalue weighted by molar-refractivity contribution is 0.175. The second-order valence-corrected chi connectivity index (χ2v) is 3.60. The third-order valence-corrected chi connectivity index (χ3v) is 2.81. The monoisotopic (exact) mass is 159 g/mol. The summed E-state index contributed by atoms with van der Waals surface area (Å²) in [4.78, 5) is 0. The molecule has 2 heteroatoms. The summed E-state index contributed by atoms with van der Waals surface area (Å²) < 4.78 is 12.9. The lowest BCUT2D eigenvalue weighted by Gasteiger charge is -2.29. The van der Waals surface area contributed by atoms with E-state index in [4.69, 9.17) is 0 Å². The molecule has 11 heavy (non-hydrogen) atoms. The molecule has 0 aromatic carbocycles. The zero-order valence-electron chi connectivity index (χ0n) is 7.44. The van der Waals surface area contributed by atoms with Gasteiger partial charge in [0.05, 0.1) is 0 Å². The molecule has 0 saturated heterocycles. The largest absolute Gasteiger partial charge is 0.317 e. The summed E-state index contributed by atoms with van der Waals surface area (Å²) in [6.45, 7) is 2.14. The van der Waals surface area contributed by atoms with Gasteiger partial charge in [-0.25, -0.2) is 4.39 Å². The third-order valence-electron chi connectivity index (χ3n) is 2.81. The average Bonchev–Trinajstić information content (AvgIpc) is 2.03. The Morgan fingerprint density at radius 1 is 1.45 bits per heavy atom. The molecule has 0 amide bonds. The molecule has 0 bridgehead atoms. The number of nitrogens with one attached hydrogen (secondary N) is 1. The summed E-state index contributed by atoms with van der Waals surface area (Å²) in [5.74, 6) is 0.559. The molecule has 0 aliphatic heterocycles. The lowest BCUT2D eigenvalue weighted by atomic mass is 9.84. The van der Waals surface area contributed by atoms with Crippen LogP contribution >= 0.6 is 0 Å². The van der Waals surface area contributed by atoms with Crippen molar-refractivity contribution in [3.63, 3.8) is 0 Å². The zero-order chi connectivity index (χ0) is 8.27. The highest BCUT2D eigenvalue weighted by Crippen LogP contribution is 2.28. The molecule has 3 unspecified atom stereocenters. The van der Waals surface area contributed by atoms with E-state index in [2.05, 4.69) is 12.2 Å². The molecule has 66 valence electrons. The van der Waals surface area contributed by atoms with Crippen molar-refractivity contribution in [2.75, 3.05) is 7.05 Å². The molecule has 1 aliphatic carbocycles. The highest BCUT2D eigenvalue weighted by atomic mass is 19.1. The summed E-state index contributed by atoms with van der Waals surface area (Å²) in [6.07, 6.45) is 3.28. The minimum Gasteiger partial charge on any atom is -0.317 e. The highest BCUT2D eigenvalue weighted by Gasteiger charge is 2.24. The molecule has 1 rings (SSSR count). The zero-order valence-corrected chi connectivity index (χ0v) is 7.44. The number of hydrogen-bond acceptors (Lipinski definition) is 1. The Morgan fingerprint density at radius 3 is 2.73 bits per heavy atom. The molecule has 0 heterocycles. The Kier molecular flexibility index (Phi) is 3.31. The van der Waals surface area contributed by atoms with Crippen LogP contribution in [0.3, 0.4) is 0 Å². The maximum Gasteiger partial charge on any atom is 0.100 e. The van der Waals surface area contributed by atoms with Gasteiger partial charge in [-0.1, -0.05) is 6.42 Å². The summed E-state index contributed by atoms with van der Waals surface area (Å²) >= 11 is 0. The van der Waals surface area contributed by atoms with Gasteiger partial charge in [0.2, 0.25) is 0 Å². The summed E-state index contributed by atoms with van der Waals surface area (Å²) in [6, 6.07) is 0.480. The van der Waals surface area contributed by atoms with E-state index in [-0.39, 0.29) is 0 Å². The van der Waals surface area contributed by atoms with E-state index in [1.807, 2.05) is 7.05 Å². The molecule has 1 N–H and O–H groups in total. The van der Waals surface area contributed by atoms with Crippen LogP contribution in [0, 0.1) is 5.92 Å². The van der Waals surface area contributed by atoms with Gasteiger partial charge in [-0.2, -0.15) is 0 Å². The van der Waals surface area contributed by atoms with E-state index in [0.29, 0.717) is 12.0 Å². The summed E-state index contributed by atoms with van der Waals surface area (Å²) in [5.41, 5.74) is 0. The van der Waals surface area contributed by atoms with Crippen molar-refractivity contribution in [3.05, 3.63) is 0 Å². The van der Waals surface area contributed by atoms with Crippen molar-refractivity contribution in [1.82, 2.24) is 5.32 Å². The van der Waals surface area contributed by atoms with Gasteiger partial charge in [0.1, 0.15) is 6.17 Å². The Labute approximate surface area is 68.4 Å². The maximum atomic E-state index is 12.9. The average molecular weight is 159 g/mol. The molecule has 0 aromatic rings. The van der Waals surface area contributed by atoms with Gasteiger partial charge in [0.25, 0.3) is 0 Å². The minimum absolute atomic E-state index is 0.480. The molecule has 0 radical (unpaired) electrons. The molecule has 0 spiro atoms. The smallest absolute Gasteiger partial charge is 0.100 e.